The summed E-state index contributed by atoms with van der Waals surface area (Å²) in [5, 5.41) is 11.5. The highest BCUT2D eigenvalue weighted by atomic mass is 16.5. The number of pyridine rings is 1. The molecule has 1 heterocycles. The molecule has 0 bridgehead atoms. The fourth-order valence-electron chi connectivity index (χ4n) is 1.70. The number of carboxylic acids is 1. The summed E-state index contributed by atoms with van der Waals surface area (Å²) >= 11 is 0. The van der Waals surface area contributed by atoms with E-state index in [4.69, 9.17) is 9.84 Å². The third kappa shape index (κ3) is 4.31. The number of nitrogens with one attached hydrogen (secondary N) is 1. The number of amides is 1. The summed E-state index contributed by atoms with van der Waals surface area (Å²) in [5.41, 5.74) is 1.12. The average molecular weight is 286 g/mol. The molecule has 21 heavy (non-hydrogen) atoms. The van der Waals surface area contributed by atoms with Gasteiger partial charge in [-0.15, -0.1) is 0 Å². The predicted octanol–water partition coefficient (Wildman–Crippen LogP) is 2.32. The number of hydrogen-bond acceptors (Lipinski definition) is 4. The molecular formula is C15H14N2O4. The quantitative estimate of drug-likeness (QED) is 0.880. The van der Waals surface area contributed by atoms with Crippen molar-refractivity contribution < 1.29 is 19.4 Å². The molecule has 1 aromatic carbocycles. The first-order chi connectivity index (χ1) is 10.0. The molecule has 0 saturated heterocycles. The van der Waals surface area contributed by atoms with Crippen LogP contribution in [0.5, 0.6) is 5.75 Å². The van der Waals surface area contributed by atoms with Crippen molar-refractivity contribution in [3.8, 4) is 5.75 Å². The van der Waals surface area contributed by atoms with Crippen LogP contribution in [0.4, 0.5) is 5.69 Å². The SMILES string of the molecule is CC(=O)Nc1cccc(OCc2cccc(C(=O)O)n2)c1. The maximum Gasteiger partial charge on any atom is 0.354 e. The number of nitrogens with zero attached hydrogens (tertiary/aromatic N) is 1. The molecule has 0 spiro atoms. The van der Waals surface area contributed by atoms with Gasteiger partial charge in [-0.3, -0.25) is 4.79 Å². The smallest absolute Gasteiger partial charge is 0.354 e. The van der Waals surface area contributed by atoms with Crippen LogP contribution < -0.4 is 10.1 Å². The molecule has 0 unspecified atom stereocenters. The number of carboxylic acid groups (broad SMARTS) is 1. The lowest BCUT2D eigenvalue weighted by molar-refractivity contribution is -0.114. The van der Waals surface area contributed by atoms with Gasteiger partial charge in [-0.2, -0.15) is 0 Å². The molecule has 6 heteroatoms. The molecule has 0 fully saturated rings. The predicted molar refractivity (Wildman–Crippen MR) is 76.3 cm³/mol. The highest BCUT2D eigenvalue weighted by molar-refractivity contribution is 5.88. The molecule has 6 nitrogen and oxygen atoms in total. The molecule has 0 radical (unpaired) electrons. The summed E-state index contributed by atoms with van der Waals surface area (Å²) in [4.78, 5) is 25.8. The molecule has 2 N–H and O–H groups in total. The van der Waals surface area contributed by atoms with Gasteiger partial charge in [0.05, 0.1) is 5.69 Å². The molecule has 1 aromatic heterocycles. The van der Waals surface area contributed by atoms with E-state index in [1.807, 2.05) is 0 Å². The fraction of sp³-hybridized carbons (Fsp3) is 0.133. The molecule has 1 amide bonds. The van der Waals surface area contributed by atoms with Crippen LogP contribution in [0.1, 0.15) is 23.1 Å². The van der Waals surface area contributed by atoms with Gasteiger partial charge >= 0.3 is 5.97 Å². The van der Waals surface area contributed by atoms with Crippen molar-refractivity contribution in [1.29, 1.82) is 0 Å². The van der Waals surface area contributed by atoms with Gasteiger partial charge in [0.15, 0.2) is 0 Å². The topological polar surface area (TPSA) is 88.5 Å². The number of aromatic carboxylic acids is 1. The Morgan fingerprint density at radius 3 is 2.71 bits per heavy atom. The van der Waals surface area contributed by atoms with Crippen molar-refractivity contribution in [2.24, 2.45) is 0 Å². The Morgan fingerprint density at radius 2 is 2.00 bits per heavy atom. The van der Waals surface area contributed by atoms with E-state index in [0.717, 1.165) is 0 Å². The van der Waals surface area contributed by atoms with E-state index in [1.54, 1.807) is 36.4 Å². The number of aromatic nitrogens is 1. The van der Waals surface area contributed by atoms with Crippen LogP contribution in [-0.4, -0.2) is 22.0 Å². The normalized spacial score (nSPS) is 9.95. The maximum atomic E-state index is 11.0. The minimum Gasteiger partial charge on any atom is -0.487 e. The second-order valence-corrected chi connectivity index (χ2v) is 4.32. The van der Waals surface area contributed by atoms with Crippen LogP contribution >= 0.6 is 0 Å². The summed E-state index contributed by atoms with van der Waals surface area (Å²) in [6.45, 7) is 1.57. The van der Waals surface area contributed by atoms with E-state index >= 15 is 0 Å². The van der Waals surface area contributed by atoms with E-state index in [9.17, 15) is 9.59 Å². The average Bonchev–Trinajstić information content (AvgIpc) is 2.45. The minimum atomic E-state index is -1.08. The first-order valence-electron chi connectivity index (χ1n) is 6.24. The summed E-state index contributed by atoms with van der Waals surface area (Å²) in [7, 11) is 0. The molecule has 0 aliphatic rings. The van der Waals surface area contributed by atoms with E-state index in [-0.39, 0.29) is 18.2 Å². The third-order valence-electron chi connectivity index (χ3n) is 2.57. The Morgan fingerprint density at radius 1 is 1.24 bits per heavy atom. The molecule has 2 aromatic rings. The number of anilines is 1. The van der Waals surface area contributed by atoms with Gasteiger partial charge in [-0.05, 0) is 24.3 Å². The van der Waals surface area contributed by atoms with Crippen LogP contribution in [0.25, 0.3) is 0 Å². The minimum absolute atomic E-state index is 0.0249. The van der Waals surface area contributed by atoms with Gasteiger partial charge < -0.3 is 15.2 Å². The Balaban J connectivity index is 2.04. The largest absolute Gasteiger partial charge is 0.487 e. The van der Waals surface area contributed by atoms with Gasteiger partial charge in [-0.1, -0.05) is 12.1 Å². The molecular weight excluding hydrogens is 272 g/mol. The zero-order chi connectivity index (χ0) is 15.2. The zero-order valence-corrected chi connectivity index (χ0v) is 11.4. The van der Waals surface area contributed by atoms with E-state index in [2.05, 4.69) is 10.3 Å². The summed E-state index contributed by atoms with van der Waals surface area (Å²) in [6.07, 6.45) is 0. The second-order valence-electron chi connectivity index (χ2n) is 4.32. The van der Waals surface area contributed by atoms with Gasteiger partial charge in [0.2, 0.25) is 5.91 Å². The van der Waals surface area contributed by atoms with Crippen molar-refractivity contribution in [2.75, 3.05) is 5.32 Å². The number of carbonyl (C=O) groups excluding carboxylic acids is 1. The Bertz CT molecular complexity index is 670. The molecule has 108 valence electrons. The first kappa shape index (κ1) is 14.5. The van der Waals surface area contributed by atoms with Crippen molar-refractivity contribution in [2.45, 2.75) is 13.5 Å². The van der Waals surface area contributed by atoms with Gasteiger partial charge in [0, 0.05) is 18.7 Å². The van der Waals surface area contributed by atoms with Gasteiger partial charge in [0.1, 0.15) is 18.1 Å². The van der Waals surface area contributed by atoms with E-state index < -0.39 is 5.97 Å². The number of rotatable bonds is 5. The van der Waals surface area contributed by atoms with Crippen LogP contribution in [0.2, 0.25) is 0 Å². The molecule has 2 rings (SSSR count). The monoisotopic (exact) mass is 286 g/mol. The van der Waals surface area contributed by atoms with E-state index in [0.29, 0.717) is 17.1 Å². The van der Waals surface area contributed by atoms with Crippen molar-refractivity contribution in [3.63, 3.8) is 0 Å². The number of hydrogen-bond donors (Lipinski definition) is 2. The van der Waals surface area contributed by atoms with Crippen LogP contribution in [-0.2, 0) is 11.4 Å². The number of carbonyl (C=O) groups is 2. The Labute approximate surface area is 121 Å². The van der Waals surface area contributed by atoms with E-state index in [1.165, 1.54) is 13.0 Å². The van der Waals surface area contributed by atoms with Crippen molar-refractivity contribution in [3.05, 3.63) is 53.9 Å². The molecule has 0 aliphatic carbocycles. The van der Waals surface area contributed by atoms with Crippen LogP contribution in [0.15, 0.2) is 42.5 Å². The first-order valence-corrected chi connectivity index (χ1v) is 6.24. The summed E-state index contributed by atoms with van der Waals surface area (Å²) < 4.78 is 5.54. The maximum absolute atomic E-state index is 11.0. The lowest BCUT2D eigenvalue weighted by Crippen LogP contribution is -2.06. The lowest BCUT2D eigenvalue weighted by Gasteiger charge is -2.08. The second kappa shape index (κ2) is 6.51. The lowest BCUT2D eigenvalue weighted by atomic mass is 10.3. The highest BCUT2D eigenvalue weighted by Crippen LogP contribution is 2.18. The standard InChI is InChI=1S/C15H14N2O4/c1-10(18)16-11-4-2-6-13(8-11)21-9-12-5-3-7-14(17-12)15(19)20/h2-8H,9H2,1H3,(H,16,18)(H,19,20). The summed E-state index contributed by atoms with van der Waals surface area (Å²) in [5.74, 6) is -0.684. The number of benzene rings is 1. The van der Waals surface area contributed by atoms with Crippen LogP contribution in [0, 0.1) is 0 Å². The fourth-order valence-corrected chi connectivity index (χ4v) is 1.70. The van der Waals surface area contributed by atoms with Crippen molar-refractivity contribution >= 4 is 17.6 Å². The Hall–Kier alpha value is -2.89. The molecule has 0 aliphatic heterocycles. The zero-order valence-electron chi connectivity index (χ0n) is 11.4. The van der Waals surface area contributed by atoms with Crippen LogP contribution in [0.3, 0.4) is 0 Å². The van der Waals surface area contributed by atoms with Gasteiger partial charge in [-0.25, -0.2) is 9.78 Å². The summed E-state index contributed by atoms with van der Waals surface area (Å²) in [6, 6.07) is 11.6. The highest BCUT2D eigenvalue weighted by Gasteiger charge is 2.06. The molecule has 0 atom stereocenters. The van der Waals surface area contributed by atoms with Gasteiger partial charge in [0.25, 0.3) is 0 Å². The third-order valence-corrected chi connectivity index (χ3v) is 2.57. The van der Waals surface area contributed by atoms with Crippen molar-refractivity contribution in [1.82, 2.24) is 4.98 Å². The Kier molecular flexibility index (Phi) is 4.50. The molecule has 0 saturated carbocycles. The number of ether oxygens (including phenoxy) is 1.